The molecule has 0 spiro atoms. The molecule has 1 saturated carbocycles. The van der Waals surface area contributed by atoms with Crippen molar-refractivity contribution in [2.45, 2.75) is 6.04 Å². The summed E-state index contributed by atoms with van der Waals surface area (Å²) in [5.41, 5.74) is 9.38. The lowest BCUT2D eigenvalue weighted by Crippen LogP contribution is -2.28. The zero-order chi connectivity index (χ0) is 20.4. The summed E-state index contributed by atoms with van der Waals surface area (Å²) < 4.78 is 2.01. The van der Waals surface area contributed by atoms with Crippen LogP contribution in [0.2, 0.25) is 10.0 Å². The van der Waals surface area contributed by atoms with Crippen molar-refractivity contribution in [1.29, 1.82) is 0 Å². The Labute approximate surface area is 207 Å². The number of nitrogens with zero attached hydrogens (tertiary/aromatic N) is 5. The van der Waals surface area contributed by atoms with Crippen LogP contribution in [0.1, 0.15) is 0 Å². The van der Waals surface area contributed by atoms with E-state index in [1.165, 1.54) is 0 Å². The van der Waals surface area contributed by atoms with Gasteiger partial charge in [0.2, 0.25) is 0 Å². The van der Waals surface area contributed by atoms with E-state index >= 15 is 0 Å². The molecule has 3 heterocycles. The highest BCUT2D eigenvalue weighted by atomic mass is 35.5. The van der Waals surface area contributed by atoms with Crippen molar-refractivity contribution in [1.82, 2.24) is 19.5 Å². The maximum absolute atomic E-state index is 6.54. The Morgan fingerprint density at radius 2 is 1.59 bits per heavy atom. The Morgan fingerprint density at radius 3 is 2.28 bits per heavy atom. The van der Waals surface area contributed by atoms with Gasteiger partial charge in [0.15, 0.2) is 17.0 Å². The van der Waals surface area contributed by atoms with E-state index < -0.39 is 0 Å². The molecule has 166 valence electrons. The standard InChI is InChI=1S/C22H18Cl2N6.2ClH/c23-12-5-7-13(8-6-12)30-20(14-3-1-2-4-17(14)24)28-19-21(26-11-27-22(19)30)29-9-15-16(10-29)18(15)25;;/h1-8,11,15-16,18H,9-10,25H2;2*1H/t15-,16+,18?;;. The third-order valence-corrected chi connectivity index (χ3v) is 6.77. The Balaban J connectivity index is 0.00000122. The molecule has 1 aliphatic carbocycles. The van der Waals surface area contributed by atoms with Crippen LogP contribution >= 0.6 is 48.0 Å². The summed E-state index contributed by atoms with van der Waals surface area (Å²) in [6.07, 6.45) is 1.60. The second-order valence-electron chi connectivity index (χ2n) is 7.91. The molecular formula is C22H20Cl4N6. The molecule has 6 nitrogen and oxygen atoms in total. The number of hydrogen-bond donors (Lipinski definition) is 1. The Morgan fingerprint density at radius 1 is 0.906 bits per heavy atom. The van der Waals surface area contributed by atoms with E-state index in [1.54, 1.807) is 6.33 Å². The van der Waals surface area contributed by atoms with Gasteiger partial charge in [0.1, 0.15) is 12.2 Å². The summed E-state index contributed by atoms with van der Waals surface area (Å²) in [5, 5.41) is 1.30. The van der Waals surface area contributed by atoms with Gasteiger partial charge in [-0.05, 0) is 48.2 Å². The molecule has 1 saturated heterocycles. The zero-order valence-corrected chi connectivity index (χ0v) is 19.9. The van der Waals surface area contributed by atoms with Gasteiger partial charge in [0.25, 0.3) is 0 Å². The van der Waals surface area contributed by atoms with E-state index in [0.717, 1.165) is 47.1 Å². The van der Waals surface area contributed by atoms with Gasteiger partial charge in [-0.25, -0.2) is 15.0 Å². The summed E-state index contributed by atoms with van der Waals surface area (Å²) in [6, 6.07) is 15.6. The first-order valence-corrected chi connectivity index (χ1v) is 10.6. The number of imidazole rings is 1. The number of rotatable bonds is 3. The molecule has 0 amide bonds. The predicted octanol–water partition coefficient (Wildman–Crippen LogP) is 5.03. The van der Waals surface area contributed by atoms with Crippen molar-refractivity contribution in [2.75, 3.05) is 18.0 Å². The molecule has 3 atom stereocenters. The van der Waals surface area contributed by atoms with Gasteiger partial charge in [-0.2, -0.15) is 0 Å². The van der Waals surface area contributed by atoms with Crippen LogP contribution in [0.15, 0.2) is 54.9 Å². The fourth-order valence-corrected chi connectivity index (χ4v) is 4.86. The van der Waals surface area contributed by atoms with Gasteiger partial charge < -0.3 is 10.6 Å². The minimum Gasteiger partial charge on any atom is -0.354 e. The van der Waals surface area contributed by atoms with Crippen LogP contribution in [0.4, 0.5) is 5.82 Å². The number of piperidine rings is 1. The molecule has 2 N–H and O–H groups in total. The van der Waals surface area contributed by atoms with Crippen molar-refractivity contribution >= 4 is 65.0 Å². The first-order chi connectivity index (χ1) is 14.6. The van der Waals surface area contributed by atoms with Gasteiger partial charge in [-0.1, -0.05) is 35.3 Å². The van der Waals surface area contributed by atoms with Crippen LogP contribution in [0.3, 0.4) is 0 Å². The number of anilines is 1. The van der Waals surface area contributed by atoms with E-state index in [0.29, 0.717) is 27.9 Å². The second kappa shape index (κ2) is 8.69. The van der Waals surface area contributed by atoms with Crippen LogP contribution in [0, 0.1) is 11.8 Å². The summed E-state index contributed by atoms with van der Waals surface area (Å²) in [4.78, 5) is 16.5. The largest absolute Gasteiger partial charge is 0.354 e. The molecule has 1 unspecified atom stereocenters. The highest BCUT2D eigenvalue weighted by Crippen LogP contribution is 2.46. The Bertz CT molecular complexity index is 1260. The van der Waals surface area contributed by atoms with Gasteiger partial charge in [-0.15, -0.1) is 24.8 Å². The summed E-state index contributed by atoms with van der Waals surface area (Å²) in [5.74, 6) is 2.67. The molecule has 4 aromatic rings. The third-order valence-electron chi connectivity index (χ3n) is 6.18. The van der Waals surface area contributed by atoms with E-state index in [-0.39, 0.29) is 24.8 Å². The summed E-state index contributed by atoms with van der Waals surface area (Å²) >= 11 is 12.7. The monoisotopic (exact) mass is 508 g/mol. The molecular weight excluding hydrogens is 490 g/mol. The fraction of sp³-hybridized carbons (Fsp3) is 0.227. The molecule has 2 aliphatic rings. The van der Waals surface area contributed by atoms with E-state index in [1.807, 2.05) is 53.1 Å². The Hall–Kier alpha value is -2.09. The SMILES string of the molecule is Cl.Cl.NC1[C@H]2CN(c3ncnc4c3nc(-c3ccccc3Cl)n4-c3ccc(Cl)cc3)C[C@@H]12. The minimum atomic E-state index is 0. The molecule has 0 radical (unpaired) electrons. The molecule has 10 heteroatoms. The van der Waals surface area contributed by atoms with E-state index in [2.05, 4.69) is 14.9 Å². The fourth-order valence-electron chi connectivity index (χ4n) is 4.52. The summed E-state index contributed by atoms with van der Waals surface area (Å²) in [6.45, 7) is 1.82. The van der Waals surface area contributed by atoms with Gasteiger partial charge in [0, 0.05) is 35.4 Å². The molecule has 1 aliphatic heterocycles. The number of nitrogens with two attached hydrogens (primary N) is 1. The molecule has 2 aromatic carbocycles. The quantitative estimate of drug-likeness (QED) is 0.419. The summed E-state index contributed by atoms with van der Waals surface area (Å²) in [7, 11) is 0. The number of aromatic nitrogens is 4. The number of fused-ring (bicyclic) bond motifs is 2. The number of halogens is 4. The lowest BCUT2D eigenvalue weighted by molar-refractivity contribution is 0.736. The maximum Gasteiger partial charge on any atom is 0.170 e. The van der Waals surface area contributed by atoms with Crippen LogP contribution < -0.4 is 10.6 Å². The maximum atomic E-state index is 6.54. The molecule has 32 heavy (non-hydrogen) atoms. The van der Waals surface area contributed by atoms with Crippen LogP contribution in [-0.2, 0) is 0 Å². The van der Waals surface area contributed by atoms with Gasteiger partial charge in [-0.3, -0.25) is 4.57 Å². The smallest absolute Gasteiger partial charge is 0.170 e. The van der Waals surface area contributed by atoms with E-state index in [9.17, 15) is 0 Å². The zero-order valence-electron chi connectivity index (χ0n) is 16.7. The second-order valence-corrected chi connectivity index (χ2v) is 8.75. The van der Waals surface area contributed by atoms with Crippen molar-refractivity contribution in [3.63, 3.8) is 0 Å². The average Bonchev–Trinajstić information content (AvgIpc) is 3.13. The van der Waals surface area contributed by atoms with Gasteiger partial charge in [0.05, 0.1) is 5.02 Å². The molecule has 2 fully saturated rings. The highest BCUT2D eigenvalue weighted by molar-refractivity contribution is 6.33. The predicted molar refractivity (Wildman–Crippen MR) is 134 cm³/mol. The van der Waals surface area contributed by atoms with Crippen LogP contribution in [-0.4, -0.2) is 38.7 Å². The van der Waals surface area contributed by atoms with E-state index in [4.69, 9.17) is 33.9 Å². The average molecular weight is 510 g/mol. The number of hydrogen-bond acceptors (Lipinski definition) is 5. The normalized spacial score (nSPS) is 21.1. The first-order valence-electron chi connectivity index (χ1n) is 9.86. The van der Waals surface area contributed by atoms with Crippen molar-refractivity contribution in [3.8, 4) is 17.1 Å². The lowest BCUT2D eigenvalue weighted by Gasteiger charge is -2.20. The van der Waals surface area contributed by atoms with Crippen LogP contribution in [0.5, 0.6) is 0 Å². The van der Waals surface area contributed by atoms with Crippen molar-refractivity contribution < 1.29 is 0 Å². The highest BCUT2D eigenvalue weighted by Gasteiger charge is 2.54. The van der Waals surface area contributed by atoms with Gasteiger partial charge >= 0.3 is 0 Å². The van der Waals surface area contributed by atoms with Crippen molar-refractivity contribution in [2.24, 2.45) is 17.6 Å². The molecule has 6 rings (SSSR count). The Kier molecular flexibility index (Phi) is 6.27. The first kappa shape index (κ1) is 23.1. The minimum absolute atomic E-state index is 0. The third kappa shape index (κ3) is 3.60. The van der Waals surface area contributed by atoms with Crippen molar-refractivity contribution in [3.05, 3.63) is 64.9 Å². The van der Waals surface area contributed by atoms with Crippen LogP contribution in [0.25, 0.3) is 28.2 Å². The lowest BCUT2D eigenvalue weighted by atomic mass is 10.2. The molecule has 2 aromatic heterocycles. The number of benzene rings is 2. The topological polar surface area (TPSA) is 72.9 Å². The molecule has 0 bridgehead atoms.